The first-order valence-corrected chi connectivity index (χ1v) is 9.29. The average molecular weight is 358 g/mol. The van der Waals surface area contributed by atoms with E-state index >= 15 is 0 Å². The van der Waals surface area contributed by atoms with Crippen LogP contribution in [-0.4, -0.2) is 57.6 Å². The van der Waals surface area contributed by atoms with Gasteiger partial charge in [0.15, 0.2) is 0 Å². The number of fused-ring (bicyclic) bond motifs is 1. The number of rotatable bonds is 5. The van der Waals surface area contributed by atoms with Crippen LogP contribution in [0.4, 0.5) is 0 Å². The first-order valence-electron chi connectivity index (χ1n) is 9.29. The Morgan fingerprint density at radius 1 is 1.00 bits per heavy atom. The van der Waals surface area contributed by atoms with Gasteiger partial charge in [0, 0.05) is 32.7 Å². The number of hydrogen-bond acceptors (Lipinski definition) is 4. The maximum atomic E-state index is 12.9. The molecule has 1 aliphatic rings. The summed E-state index contributed by atoms with van der Waals surface area (Å²) < 4.78 is 2.69. The van der Waals surface area contributed by atoms with Crippen LogP contribution in [0.2, 0.25) is 0 Å². The van der Waals surface area contributed by atoms with Crippen LogP contribution in [0.1, 0.15) is 20.3 Å². The lowest BCUT2D eigenvalue weighted by Crippen LogP contribution is -2.50. The molecule has 1 aliphatic heterocycles. The predicted molar refractivity (Wildman–Crippen MR) is 101 cm³/mol. The molecule has 1 fully saturated rings. The number of nitrogens with zero attached hydrogens (tertiary/aromatic N) is 4. The van der Waals surface area contributed by atoms with Gasteiger partial charge in [0.25, 0.3) is 5.56 Å². The van der Waals surface area contributed by atoms with Crippen LogP contribution in [0.25, 0.3) is 10.9 Å². The summed E-state index contributed by atoms with van der Waals surface area (Å²) in [5, 5.41) is 0.476. The van der Waals surface area contributed by atoms with Gasteiger partial charge in [-0.1, -0.05) is 26.0 Å². The fraction of sp³-hybridized carbons (Fsp3) is 0.526. The van der Waals surface area contributed by atoms with Gasteiger partial charge >= 0.3 is 5.69 Å². The monoisotopic (exact) mass is 358 g/mol. The van der Waals surface area contributed by atoms with Gasteiger partial charge < -0.3 is 9.80 Å². The molecule has 0 aliphatic carbocycles. The number of para-hydroxylation sites is 1. The number of carbonyl (C=O) groups is 1. The van der Waals surface area contributed by atoms with Crippen molar-refractivity contribution in [2.45, 2.75) is 33.4 Å². The minimum Gasteiger partial charge on any atom is -0.339 e. The minimum absolute atomic E-state index is 0.0323. The molecule has 2 aromatic rings. The zero-order chi connectivity index (χ0) is 18.7. The molecule has 26 heavy (non-hydrogen) atoms. The largest absolute Gasteiger partial charge is 0.339 e. The maximum absolute atomic E-state index is 12.9. The Morgan fingerprint density at radius 2 is 1.69 bits per heavy atom. The normalized spacial score (nSPS) is 15.5. The van der Waals surface area contributed by atoms with E-state index in [1.165, 1.54) is 9.13 Å². The van der Waals surface area contributed by atoms with Crippen LogP contribution in [0.3, 0.4) is 0 Å². The first kappa shape index (κ1) is 18.4. The molecule has 0 N–H and O–H groups in total. The Balaban J connectivity index is 1.96. The highest BCUT2D eigenvalue weighted by Crippen LogP contribution is 2.09. The summed E-state index contributed by atoms with van der Waals surface area (Å²) in [6.45, 7) is 8.39. The second-order valence-corrected chi connectivity index (χ2v) is 6.66. The molecule has 1 aromatic carbocycles. The van der Waals surface area contributed by atoms with E-state index in [1.54, 1.807) is 24.3 Å². The third-order valence-corrected chi connectivity index (χ3v) is 5.05. The molecular weight excluding hydrogens is 332 g/mol. The summed E-state index contributed by atoms with van der Waals surface area (Å²) in [6.07, 6.45) is 0.681. The lowest BCUT2D eigenvalue weighted by molar-refractivity contribution is -0.133. The molecule has 2 heterocycles. The van der Waals surface area contributed by atoms with Crippen molar-refractivity contribution < 1.29 is 4.79 Å². The Hall–Kier alpha value is -2.41. The molecule has 1 amide bonds. The van der Waals surface area contributed by atoms with E-state index in [0.29, 0.717) is 37.0 Å². The minimum atomic E-state index is -0.406. The first-order chi connectivity index (χ1) is 12.6. The highest BCUT2D eigenvalue weighted by molar-refractivity contribution is 5.81. The molecule has 0 radical (unpaired) electrons. The van der Waals surface area contributed by atoms with E-state index in [4.69, 9.17) is 0 Å². The van der Waals surface area contributed by atoms with Gasteiger partial charge in [-0.3, -0.25) is 18.7 Å². The second kappa shape index (κ2) is 7.86. The van der Waals surface area contributed by atoms with Crippen molar-refractivity contribution >= 4 is 16.8 Å². The highest BCUT2D eigenvalue weighted by atomic mass is 16.2. The molecule has 0 spiro atoms. The van der Waals surface area contributed by atoms with Crippen molar-refractivity contribution in [3.05, 3.63) is 45.1 Å². The average Bonchev–Trinajstić information content (AvgIpc) is 2.68. The SMILES string of the molecule is CCCn1c(=O)c2ccccc2n(CC(=O)N2CCN(CC)CC2)c1=O. The standard InChI is InChI=1S/C19H26N4O3/c1-3-9-22-18(25)15-7-5-6-8-16(15)23(19(22)26)14-17(24)21-12-10-20(4-2)11-13-21/h5-8H,3-4,9-14H2,1-2H3. The van der Waals surface area contributed by atoms with Crippen LogP contribution in [0, 0.1) is 0 Å². The van der Waals surface area contributed by atoms with Gasteiger partial charge in [0.1, 0.15) is 6.54 Å². The van der Waals surface area contributed by atoms with Crippen LogP contribution in [0.15, 0.2) is 33.9 Å². The lowest BCUT2D eigenvalue weighted by atomic mass is 10.2. The van der Waals surface area contributed by atoms with E-state index < -0.39 is 5.69 Å². The molecule has 7 heteroatoms. The number of aromatic nitrogens is 2. The molecule has 3 rings (SSSR count). The van der Waals surface area contributed by atoms with Crippen LogP contribution in [0.5, 0.6) is 0 Å². The summed E-state index contributed by atoms with van der Waals surface area (Å²) in [4.78, 5) is 42.3. The van der Waals surface area contributed by atoms with Crippen molar-refractivity contribution in [3.8, 4) is 0 Å². The highest BCUT2D eigenvalue weighted by Gasteiger charge is 2.22. The lowest BCUT2D eigenvalue weighted by Gasteiger charge is -2.34. The molecule has 0 unspecified atom stereocenters. The summed E-state index contributed by atoms with van der Waals surface area (Å²) in [7, 11) is 0. The number of likely N-dealkylation sites (N-methyl/N-ethyl adjacent to an activating group) is 1. The Bertz CT molecular complexity index is 907. The van der Waals surface area contributed by atoms with Gasteiger partial charge in [-0.05, 0) is 25.1 Å². The molecule has 0 atom stereocenters. The Kier molecular flexibility index (Phi) is 5.56. The van der Waals surface area contributed by atoms with Crippen molar-refractivity contribution in [3.63, 3.8) is 0 Å². The number of amides is 1. The van der Waals surface area contributed by atoms with Crippen molar-refractivity contribution in [2.75, 3.05) is 32.7 Å². The Labute approximate surface area is 152 Å². The van der Waals surface area contributed by atoms with E-state index in [-0.39, 0.29) is 18.0 Å². The number of carbonyl (C=O) groups excluding carboxylic acids is 1. The van der Waals surface area contributed by atoms with Gasteiger partial charge in [-0.15, -0.1) is 0 Å². The molecule has 140 valence electrons. The van der Waals surface area contributed by atoms with E-state index in [2.05, 4.69) is 11.8 Å². The maximum Gasteiger partial charge on any atom is 0.331 e. The van der Waals surface area contributed by atoms with Gasteiger partial charge in [-0.25, -0.2) is 4.79 Å². The smallest absolute Gasteiger partial charge is 0.331 e. The summed E-state index contributed by atoms with van der Waals surface area (Å²) >= 11 is 0. The quantitative estimate of drug-likeness (QED) is 0.791. The molecule has 0 saturated carbocycles. The number of benzene rings is 1. The Morgan fingerprint density at radius 3 is 2.35 bits per heavy atom. The fourth-order valence-corrected chi connectivity index (χ4v) is 3.49. The van der Waals surface area contributed by atoms with E-state index in [1.807, 2.05) is 11.8 Å². The van der Waals surface area contributed by atoms with Crippen LogP contribution >= 0.6 is 0 Å². The topological polar surface area (TPSA) is 67.6 Å². The number of hydrogen-bond donors (Lipinski definition) is 0. The summed E-state index contributed by atoms with van der Waals surface area (Å²) in [5.74, 6) is -0.0743. The van der Waals surface area contributed by atoms with Gasteiger partial charge in [0.05, 0.1) is 10.9 Å². The molecule has 7 nitrogen and oxygen atoms in total. The fourth-order valence-electron chi connectivity index (χ4n) is 3.49. The predicted octanol–water partition coefficient (Wildman–Crippen LogP) is 0.737. The third-order valence-electron chi connectivity index (χ3n) is 5.05. The van der Waals surface area contributed by atoms with Crippen molar-refractivity contribution in [1.29, 1.82) is 0 Å². The number of piperazine rings is 1. The van der Waals surface area contributed by atoms with Gasteiger partial charge in [-0.2, -0.15) is 0 Å². The van der Waals surface area contributed by atoms with Crippen molar-refractivity contribution in [2.24, 2.45) is 0 Å². The summed E-state index contributed by atoms with van der Waals surface area (Å²) in [5.41, 5.74) is -0.167. The third kappa shape index (κ3) is 3.44. The molecular formula is C19H26N4O3. The second-order valence-electron chi connectivity index (χ2n) is 6.66. The zero-order valence-electron chi connectivity index (χ0n) is 15.5. The zero-order valence-corrected chi connectivity index (χ0v) is 15.5. The van der Waals surface area contributed by atoms with E-state index in [9.17, 15) is 14.4 Å². The molecule has 1 aromatic heterocycles. The molecule has 0 bridgehead atoms. The van der Waals surface area contributed by atoms with Gasteiger partial charge in [0.2, 0.25) is 5.91 Å². The van der Waals surface area contributed by atoms with Crippen LogP contribution < -0.4 is 11.2 Å². The summed E-state index contributed by atoms with van der Waals surface area (Å²) in [6, 6.07) is 7.01. The van der Waals surface area contributed by atoms with Crippen molar-refractivity contribution in [1.82, 2.24) is 18.9 Å². The van der Waals surface area contributed by atoms with Crippen LogP contribution in [-0.2, 0) is 17.9 Å². The molecule has 1 saturated heterocycles. The van der Waals surface area contributed by atoms with E-state index in [0.717, 1.165) is 19.6 Å².